The van der Waals surface area contributed by atoms with Gasteiger partial charge in [0.05, 0.1) is 13.2 Å². The molecular formula is C11H19NO4. The number of Topliss-reactive ketones (excluding diaryl/α,β-unsaturated/α-hetero) is 2. The zero-order chi connectivity index (χ0) is 12.4. The van der Waals surface area contributed by atoms with Crippen LogP contribution in [0.4, 0.5) is 0 Å². The molecule has 92 valence electrons. The van der Waals surface area contributed by atoms with Gasteiger partial charge in [-0.05, 0) is 13.8 Å². The fourth-order valence-corrected chi connectivity index (χ4v) is 0.959. The smallest absolute Gasteiger partial charge is 0.220 e. The Morgan fingerprint density at radius 1 is 0.938 bits per heavy atom. The molecule has 0 aromatic heterocycles. The Morgan fingerprint density at radius 3 is 2.12 bits per heavy atom. The van der Waals surface area contributed by atoms with Crippen LogP contribution in [-0.4, -0.2) is 37.2 Å². The number of ketones is 2. The number of carbonyl (C=O) groups is 3. The first-order chi connectivity index (χ1) is 7.52. The Hall–Kier alpha value is -1.23. The first-order valence-electron chi connectivity index (χ1n) is 5.35. The normalized spacial score (nSPS) is 9.88. The summed E-state index contributed by atoms with van der Waals surface area (Å²) in [7, 11) is 0. The highest BCUT2D eigenvalue weighted by atomic mass is 16.5. The van der Waals surface area contributed by atoms with Gasteiger partial charge >= 0.3 is 0 Å². The summed E-state index contributed by atoms with van der Waals surface area (Å²) < 4.78 is 5.12. The topological polar surface area (TPSA) is 72.5 Å². The first-order valence-corrected chi connectivity index (χ1v) is 5.35. The van der Waals surface area contributed by atoms with Crippen molar-refractivity contribution >= 4 is 17.5 Å². The summed E-state index contributed by atoms with van der Waals surface area (Å²) in [4.78, 5) is 32.3. The standard InChI is InChI=1S/C11H19NO4/c1-9(13)3-4-11(15)12-6-8-16-7-5-10(2)14/h3-8H2,1-2H3,(H,12,15). The van der Waals surface area contributed by atoms with Crippen molar-refractivity contribution in [3.63, 3.8) is 0 Å². The molecule has 0 atom stereocenters. The molecule has 5 heteroatoms. The molecule has 5 nitrogen and oxygen atoms in total. The molecule has 0 radical (unpaired) electrons. The van der Waals surface area contributed by atoms with Crippen LogP contribution in [0.3, 0.4) is 0 Å². The molecule has 0 heterocycles. The molecule has 16 heavy (non-hydrogen) atoms. The van der Waals surface area contributed by atoms with Gasteiger partial charge in [0.1, 0.15) is 11.6 Å². The van der Waals surface area contributed by atoms with E-state index in [1.165, 1.54) is 13.8 Å². The van der Waals surface area contributed by atoms with Crippen LogP contribution in [0.2, 0.25) is 0 Å². The van der Waals surface area contributed by atoms with Gasteiger partial charge in [0.15, 0.2) is 0 Å². The highest BCUT2D eigenvalue weighted by Gasteiger charge is 2.02. The molecule has 0 aromatic rings. The Labute approximate surface area is 95.5 Å². The van der Waals surface area contributed by atoms with Gasteiger partial charge in [0.25, 0.3) is 0 Å². The number of amides is 1. The van der Waals surface area contributed by atoms with E-state index < -0.39 is 0 Å². The van der Waals surface area contributed by atoms with Gasteiger partial charge in [-0.1, -0.05) is 0 Å². The van der Waals surface area contributed by atoms with Crippen LogP contribution in [-0.2, 0) is 19.1 Å². The maximum Gasteiger partial charge on any atom is 0.220 e. The van der Waals surface area contributed by atoms with Crippen molar-refractivity contribution in [3.8, 4) is 0 Å². The summed E-state index contributed by atoms with van der Waals surface area (Å²) in [5.74, 6) is -0.0521. The summed E-state index contributed by atoms with van der Waals surface area (Å²) in [6.45, 7) is 4.15. The average Bonchev–Trinajstić information content (AvgIpc) is 2.19. The maximum absolute atomic E-state index is 11.1. The molecule has 0 rings (SSSR count). The number of rotatable bonds is 9. The Kier molecular flexibility index (Phi) is 8.34. The van der Waals surface area contributed by atoms with Crippen LogP contribution < -0.4 is 5.32 Å². The van der Waals surface area contributed by atoms with Gasteiger partial charge in [0, 0.05) is 25.8 Å². The van der Waals surface area contributed by atoms with Crippen LogP contribution >= 0.6 is 0 Å². The molecular weight excluding hydrogens is 210 g/mol. The Morgan fingerprint density at radius 2 is 1.56 bits per heavy atom. The second-order valence-corrected chi connectivity index (χ2v) is 3.62. The summed E-state index contributed by atoms with van der Waals surface area (Å²) >= 11 is 0. The minimum atomic E-state index is -0.148. The van der Waals surface area contributed by atoms with Gasteiger partial charge in [-0.2, -0.15) is 0 Å². The van der Waals surface area contributed by atoms with Crippen LogP contribution in [0, 0.1) is 0 Å². The summed E-state index contributed by atoms with van der Waals surface area (Å²) in [5.41, 5.74) is 0. The molecule has 0 saturated carbocycles. The van der Waals surface area contributed by atoms with Gasteiger partial charge in [-0.3, -0.25) is 9.59 Å². The molecule has 0 aromatic carbocycles. The zero-order valence-electron chi connectivity index (χ0n) is 9.88. The third kappa shape index (κ3) is 10.8. The van der Waals surface area contributed by atoms with E-state index in [1.54, 1.807) is 0 Å². The van der Waals surface area contributed by atoms with Gasteiger partial charge < -0.3 is 14.8 Å². The fourth-order valence-electron chi connectivity index (χ4n) is 0.959. The Bertz CT molecular complexity index is 250. The van der Waals surface area contributed by atoms with E-state index in [1.807, 2.05) is 0 Å². The van der Waals surface area contributed by atoms with Crippen LogP contribution in [0.15, 0.2) is 0 Å². The van der Waals surface area contributed by atoms with Crippen LogP contribution in [0.5, 0.6) is 0 Å². The molecule has 0 aliphatic carbocycles. The van der Waals surface area contributed by atoms with Crippen molar-refractivity contribution < 1.29 is 19.1 Å². The molecule has 1 amide bonds. The third-order valence-electron chi connectivity index (χ3n) is 1.87. The minimum absolute atomic E-state index is 0.00728. The van der Waals surface area contributed by atoms with E-state index in [-0.39, 0.29) is 30.3 Å². The molecule has 0 bridgehead atoms. The van der Waals surface area contributed by atoms with Gasteiger partial charge in [-0.15, -0.1) is 0 Å². The van der Waals surface area contributed by atoms with Crippen molar-refractivity contribution in [1.29, 1.82) is 0 Å². The minimum Gasteiger partial charge on any atom is -0.379 e. The average molecular weight is 229 g/mol. The Balaban J connectivity index is 3.27. The van der Waals surface area contributed by atoms with E-state index in [9.17, 15) is 14.4 Å². The second-order valence-electron chi connectivity index (χ2n) is 3.62. The lowest BCUT2D eigenvalue weighted by atomic mass is 10.2. The summed E-state index contributed by atoms with van der Waals surface area (Å²) in [6.07, 6.45) is 0.901. The lowest BCUT2D eigenvalue weighted by Crippen LogP contribution is -2.27. The molecule has 0 saturated heterocycles. The third-order valence-corrected chi connectivity index (χ3v) is 1.87. The first kappa shape index (κ1) is 14.8. The number of nitrogens with one attached hydrogen (secondary N) is 1. The van der Waals surface area contributed by atoms with E-state index in [2.05, 4.69) is 5.32 Å². The van der Waals surface area contributed by atoms with Crippen molar-refractivity contribution in [2.24, 2.45) is 0 Å². The molecule has 0 spiro atoms. The molecule has 1 N–H and O–H groups in total. The number of carbonyl (C=O) groups excluding carboxylic acids is 3. The summed E-state index contributed by atoms with van der Waals surface area (Å²) in [6, 6.07) is 0. The lowest BCUT2D eigenvalue weighted by Gasteiger charge is -2.05. The predicted molar refractivity (Wildman–Crippen MR) is 59.0 cm³/mol. The number of hydrogen-bond acceptors (Lipinski definition) is 4. The number of ether oxygens (including phenoxy) is 1. The number of hydrogen-bond donors (Lipinski definition) is 1. The van der Waals surface area contributed by atoms with Crippen molar-refractivity contribution in [1.82, 2.24) is 5.32 Å². The van der Waals surface area contributed by atoms with Crippen LogP contribution in [0.1, 0.15) is 33.1 Å². The van der Waals surface area contributed by atoms with E-state index >= 15 is 0 Å². The van der Waals surface area contributed by atoms with Gasteiger partial charge in [-0.25, -0.2) is 0 Å². The molecule has 0 aliphatic heterocycles. The fraction of sp³-hybridized carbons (Fsp3) is 0.727. The quantitative estimate of drug-likeness (QED) is 0.583. The lowest BCUT2D eigenvalue weighted by molar-refractivity contribution is -0.124. The molecule has 0 unspecified atom stereocenters. The van der Waals surface area contributed by atoms with E-state index in [0.29, 0.717) is 26.2 Å². The monoisotopic (exact) mass is 229 g/mol. The van der Waals surface area contributed by atoms with Crippen molar-refractivity contribution in [3.05, 3.63) is 0 Å². The maximum atomic E-state index is 11.1. The van der Waals surface area contributed by atoms with Crippen LogP contribution in [0.25, 0.3) is 0 Å². The molecule has 0 fully saturated rings. The van der Waals surface area contributed by atoms with E-state index in [4.69, 9.17) is 4.74 Å². The predicted octanol–water partition coefficient (Wildman–Crippen LogP) is 0.467. The second kappa shape index (κ2) is 9.03. The highest BCUT2D eigenvalue weighted by molar-refractivity contribution is 5.83. The zero-order valence-corrected chi connectivity index (χ0v) is 9.88. The van der Waals surface area contributed by atoms with Crippen molar-refractivity contribution in [2.45, 2.75) is 33.1 Å². The SMILES string of the molecule is CC(=O)CCOCCNC(=O)CCC(C)=O. The van der Waals surface area contributed by atoms with E-state index in [0.717, 1.165) is 0 Å². The largest absolute Gasteiger partial charge is 0.379 e. The summed E-state index contributed by atoms with van der Waals surface area (Å²) in [5, 5.41) is 2.63. The van der Waals surface area contributed by atoms with Crippen molar-refractivity contribution in [2.75, 3.05) is 19.8 Å². The van der Waals surface area contributed by atoms with Gasteiger partial charge in [0.2, 0.25) is 5.91 Å². The highest BCUT2D eigenvalue weighted by Crippen LogP contribution is 1.89. The molecule has 0 aliphatic rings.